The first kappa shape index (κ1) is 14.7. The SMILES string of the molecule is CCOc1cc(C)nc(NCCCS(C)(=O)=O)n1. The largest absolute Gasteiger partial charge is 0.478 e. The molecule has 0 aliphatic rings. The number of hydrogen-bond donors (Lipinski definition) is 1. The van der Waals surface area contributed by atoms with Gasteiger partial charge in [0.05, 0.1) is 12.4 Å². The summed E-state index contributed by atoms with van der Waals surface area (Å²) in [5.74, 6) is 1.15. The van der Waals surface area contributed by atoms with E-state index in [0.29, 0.717) is 31.4 Å². The van der Waals surface area contributed by atoms with Crippen molar-refractivity contribution in [2.75, 3.05) is 30.5 Å². The van der Waals surface area contributed by atoms with E-state index in [2.05, 4.69) is 15.3 Å². The maximum atomic E-state index is 11.0. The van der Waals surface area contributed by atoms with Crippen LogP contribution in [-0.4, -0.2) is 43.5 Å². The molecule has 0 saturated carbocycles. The highest BCUT2D eigenvalue weighted by atomic mass is 32.2. The molecule has 0 fully saturated rings. The highest BCUT2D eigenvalue weighted by Gasteiger charge is 2.04. The topological polar surface area (TPSA) is 81.2 Å². The second-order valence-electron chi connectivity index (χ2n) is 4.01. The quantitative estimate of drug-likeness (QED) is 0.747. The monoisotopic (exact) mass is 273 g/mol. The van der Waals surface area contributed by atoms with E-state index in [1.54, 1.807) is 6.07 Å². The molecule has 0 aliphatic carbocycles. The normalized spacial score (nSPS) is 11.3. The first-order valence-corrected chi connectivity index (χ1v) is 7.87. The van der Waals surface area contributed by atoms with Crippen LogP contribution in [0, 0.1) is 6.92 Å². The maximum absolute atomic E-state index is 11.0. The zero-order valence-electron chi connectivity index (χ0n) is 10.9. The van der Waals surface area contributed by atoms with Crippen molar-refractivity contribution in [3.8, 4) is 5.88 Å². The van der Waals surface area contributed by atoms with Crippen molar-refractivity contribution in [1.29, 1.82) is 0 Å². The highest BCUT2D eigenvalue weighted by molar-refractivity contribution is 7.90. The molecule has 6 nitrogen and oxygen atoms in total. The number of sulfone groups is 1. The molecular weight excluding hydrogens is 254 g/mol. The Morgan fingerprint density at radius 3 is 2.72 bits per heavy atom. The molecule has 0 unspecified atom stereocenters. The summed E-state index contributed by atoms with van der Waals surface area (Å²) < 4.78 is 27.2. The van der Waals surface area contributed by atoms with Gasteiger partial charge >= 0.3 is 0 Å². The van der Waals surface area contributed by atoms with Crippen LogP contribution in [0.2, 0.25) is 0 Å². The molecule has 0 aliphatic heterocycles. The summed E-state index contributed by atoms with van der Waals surface area (Å²) in [4.78, 5) is 8.36. The van der Waals surface area contributed by atoms with Crippen LogP contribution in [0.5, 0.6) is 5.88 Å². The van der Waals surface area contributed by atoms with Crippen LogP contribution in [0.1, 0.15) is 19.0 Å². The van der Waals surface area contributed by atoms with E-state index in [9.17, 15) is 8.42 Å². The molecule has 0 atom stereocenters. The third-order valence-corrected chi connectivity index (χ3v) is 3.13. The molecule has 0 radical (unpaired) electrons. The predicted molar refractivity (Wildman–Crippen MR) is 70.8 cm³/mol. The van der Waals surface area contributed by atoms with Crippen LogP contribution in [0.4, 0.5) is 5.95 Å². The number of anilines is 1. The summed E-state index contributed by atoms with van der Waals surface area (Å²) in [5, 5.41) is 2.99. The lowest BCUT2D eigenvalue weighted by molar-refractivity contribution is 0.326. The van der Waals surface area contributed by atoms with Gasteiger partial charge in [-0.15, -0.1) is 0 Å². The summed E-state index contributed by atoms with van der Waals surface area (Å²) in [6.07, 6.45) is 1.75. The standard InChI is InChI=1S/C11H19N3O3S/c1-4-17-10-8-9(2)13-11(14-10)12-6-5-7-18(3,15)16/h8H,4-7H2,1-3H3,(H,12,13,14). The van der Waals surface area contributed by atoms with Gasteiger partial charge in [-0.2, -0.15) is 4.98 Å². The first-order chi connectivity index (χ1) is 8.40. The van der Waals surface area contributed by atoms with Gasteiger partial charge in [0, 0.05) is 24.6 Å². The molecule has 18 heavy (non-hydrogen) atoms. The van der Waals surface area contributed by atoms with Gasteiger partial charge < -0.3 is 10.1 Å². The minimum atomic E-state index is -2.91. The van der Waals surface area contributed by atoms with Crippen molar-refractivity contribution in [2.45, 2.75) is 20.3 Å². The Balaban J connectivity index is 2.51. The van der Waals surface area contributed by atoms with Crippen molar-refractivity contribution in [3.63, 3.8) is 0 Å². The van der Waals surface area contributed by atoms with E-state index in [4.69, 9.17) is 4.74 Å². The first-order valence-electron chi connectivity index (χ1n) is 5.81. The lowest BCUT2D eigenvalue weighted by atomic mass is 10.4. The maximum Gasteiger partial charge on any atom is 0.226 e. The molecule has 0 aromatic carbocycles. The van der Waals surface area contributed by atoms with Crippen molar-refractivity contribution < 1.29 is 13.2 Å². The van der Waals surface area contributed by atoms with Gasteiger partial charge in [0.2, 0.25) is 11.8 Å². The van der Waals surface area contributed by atoms with Crippen LogP contribution >= 0.6 is 0 Å². The molecule has 1 aromatic rings. The third-order valence-electron chi connectivity index (χ3n) is 2.10. The minimum Gasteiger partial charge on any atom is -0.478 e. The highest BCUT2D eigenvalue weighted by Crippen LogP contribution is 2.11. The smallest absolute Gasteiger partial charge is 0.226 e. The van der Waals surface area contributed by atoms with Crippen molar-refractivity contribution >= 4 is 15.8 Å². The molecule has 0 amide bonds. The molecule has 1 heterocycles. The summed E-state index contributed by atoms with van der Waals surface area (Å²) in [6, 6.07) is 1.76. The predicted octanol–water partition coefficient (Wildman–Crippen LogP) is 1.03. The zero-order valence-corrected chi connectivity index (χ0v) is 11.7. The number of aromatic nitrogens is 2. The molecule has 0 bridgehead atoms. The van der Waals surface area contributed by atoms with E-state index >= 15 is 0 Å². The Hall–Kier alpha value is -1.37. The summed E-state index contributed by atoms with van der Waals surface area (Å²) in [5.41, 5.74) is 0.805. The van der Waals surface area contributed by atoms with Crippen molar-refractivity contribution in [3.05, 3.63) is 11.8 Å². The van der Waals surface area contributed by atoms with Gasteiger partial charge in [0.1, 0.15) is 9.84 Å². The van der Waals surface area contributed by atoms with E-state index in [-0.39, 0.29) is 5.75 Å². The van der Waals surface area contributed by atoms with E-state index < -0.39 is 9.84 Å². The Morgan fingerprint density at radius 2 is 2.11 bits per heavy atom. The zero-order chi connectivity index (χ0) is 13.6. The molecule has 1 aromatic heterocycles. The molecule has 1 N–H and O–H groups in total. The molecule has 102 valence electrons. The summed E-state index contributed by atoms with van der Waals surface area (Å²) >= 11 is 0. The molecule has 7 heteroatoms. The second-order valence-corrected chi connectivity index (χ2v) is 6.27. The Kier molecular flexibility index (Phi) is 5.33. The average Bonchev–Trinajstić information content (AvgIpc) is 2.23. The average molecular weight is 273 g/mol. The van der Waals surface area contributed by atoms with Crippen LogP contribution < -0.4 is 10.1 Å². The van der Waals surface area contributed by atoms with Gasteiger partial charge in [0.25, 0.3) is 0 Å². The van der Waals surface area contributed by atoms with Gasteiger partial charge in [-0.3, -0.25) is 0 Å². The summed E-state index contributed by atoms with van der Waals surface area (Å²) in [7, 11) is -2.91. The van der Waals surface area contributed by atoms with Crippen LogP contribution in [0.15, 0.2) is 6.07 Å². The van der Waals surface area contributed by atoms with Crippen LogP contribution in [-0.2, 0) is 9.84 Å². The number of ether oxygens (including phenoxy) is 1. The minimum absolute atomic E-state index is 0.157. The Morgan fingerprint density at radius 1 is 1.39 bits per heavy atom. The van der Waals surface area contributed by atoms with E-state index in [1.165, 1.54) is 6.26 Å². The fourth-order valence-electron chi connectivity index (χ4n) is 1.38. The third kappa shape index (κ3) is 5.81. The fourth-order valence-corrected chi connectivity index (χ4v) is 2.04. The lowest BCUT2D eigenvalue weighted by Crippen LogP contribution is -2.12. The van der Waals surface area contributed by atoms with Crippen LogP contribution in [0.3, 0.4) is 0 Å². The molecule has 0 spiro atoms. The van der Waals surface area contributed by atoms with Crippen molar-refractivity contribution in [2.24, 2.45) is 0 Å². The summed E-state index contributed by atoms with van der Waals surface area (Å²) in [6.45, 7) is 4.80. The second kappa shape index (κ2) is 6.53. The van der Waals surface area contributed by atoms with Gasteiger partial charge in [-0.1, -0.05) is 0 Å². The number of hydrogen-bond acceptors (Lipinski definition) is 6. The number of nitrogens with one attached hydrogen (secondary N) is 1. The fraction of sp³-hybridized carbons (Fsp3) is 0.636. The van der Waals surface area contributed by atoms with Crippen LogP contribution in [0.25, 0.3) is 0 Å². The van der Waals surface area contributed by atoms with E-state index in [0.717, 1.165) is 5.69 Å². The Labute approximate surface area is 108 Å². The number of aryl methyl sites for hydroxylation is 1. The molecular formula is C11H19N3O3S. The van der Waals surface area contributed by atoms with E-state index in [1.807, 2.05) is 13.8 Å². The lowest BCUT2D eigenvalue weighted by Gasteiger charge is -2.08. The number of rotatable bonds is 7. The molecule has 0 saturated heterocycles. The number of nitrogens with zero attached hydrogens (tertiary/aromatic N) is 2. The van der Waals surface area contributed by atoms with Gasteiger partial charge in [-0.25, -0.2) is 13.4 Å². The van der Waals surface area contributed by atoms with Gasteiger partial charge in [0.15, 0.2) is 0 Å². The van der Waals surface area contributed by atoms with Gasteiger partial charge in [-0.05, 0) is 20.3 Å². The van der Waals surface area contributed by atoms with Crippen molar-refractivity contribution in [1.82, 2.24) is 9.97 Å². The Bertz CT molecular complexity index is 488. The molecule has 1 rings (SSSR count).